The second-order valence-corrected chi connectivity index (χ2v) is 21.3. The van der Waals surface area contributed by atoms with Crippen LogP contribution in [-0.2, 0) is 28.6 Å². The van der Waals surface area contributed by atoms with Crippen LogP contribution in [0, 0.1) is 0 Å². The van der Waals surface area contributed by atoms with Crippen molar-refractivity contribution in [3.63, 3.8) is 0 Å². The molecule has 0 heterocycles. The summed E-state index contributed by atoms with van der Waals surface area (Å²) in [5, 5.41) is 0. The van der Waals surface area contributed by atoms with Gasteiger partial charge < -0.3 is 14.2 Å². The summed E-state index contributed by atoms with van der Waals surface area (Å²) >= 11 is 0. The second kappa shape index (κ2) is 61.7. The molecule has 6 nitrogen and oxygen atoms in total. The van der Waals surface area contributed by atoms with Crippen LogP contribution < -0.4 is 0 Å². The molecule has 1 unspecified atom stereocenters. The van der Waals surface area contributed by atoms with Crippen LogP contribution in [0.1, 0.15) is 329 Å². The molecule has 0 bridgehead atoms. The number of hydrogen-bond acceptors (Lipinski definition) is 6. The van der Waals surface area contributed by atoms with E-state index in [1.165, 1.54) is 193 Å². The maximum absolute atomic E-state index is 12.9. The van der Waals surface area contributed by atoms with E-state index < -0.39 is 6.10 Å². The minimum absolute atomic E-state index is 0.0816. The van der Waals surface area contributed by atoms with Gasteiger partial charge in [0.25, 0.3) is 0 Å². The van der Waals surface area contributed by atoms with Crippen molar-refractivity contribution in [3.05, 3.63) is 60.8 Å². The molecule has 0 aromatic heterocycles. The highest BCUT2D eigenvalue weighted by Gasteiger charge is 2.19. The molecule has 0 amide bonds. The third-order valence-corrected chi connectivity index (χ3v) is 14.0. The molecule has 0 radical (unpaired) electrons. The van der Waals surface area contributed by atoms with Crippen molar-refractivity contribution >= 4 is 17.9 Å². The third kappa shape index (κ3) is 59.9. The molecule has 424 valence electrons. The lowest BCUT2D eigenvalue weighted by Gasteiger charge is -2.18. The van der Waals surface area contributed by atoms with Gasteiger partial charge in [0.15, 0.2) is 6.10 Å². The summed E-state index contributed by atoms with van der Waals surface area (Å²) < 4.78 is 16.9. The molecule has 0 aromatic rings. The van der Waals surface area contributed by atoms with Crippen molar-refractivity contribution < 1.29 is 28.6 Å². The molecule has 0 aromatic carbocycles. The number of unbranched alkanes of at least 4 members (excludes halogenated alkanes) is 37. The molecule has 6 heteroatoms. The van der Waals surface area contributed by atoms with E-state index in [0.717, 1.165) is 96.3 Å². The van der Waals surface area contributed by atoms with Gasteiger partial charge in [0.1, 0.15) is 13.2 Å². The monoisotopic (exact) mass is 1020 g/mol. The lowest BCUT2D eigenvalue weighted by molar-refractivity contribution is -0.167. The highest BCUT2D eigenvalue weighted by atomic mass is 16.6. The summed E-state index contributed by atoms with van der Waals surface area (Å²) in [6.45, 7) is 6.55. The van der Waals surface area contributed by atoms with Gasteiger partial charge in [-0.05, 0) is 83.5 Å². The molecule has 0 aliphatic rings. The fourth-order valence-electron chi connectivity index (χ4n) is 9.25. The number of allylic oxidation sites excluding steroid dienone is 10. The summed E-state index contributed by atoms with van der Waals surface area (Å²) in [5.74, 6) is -0.889. The summed E-state index contributed by atoms with van der Waals surface area (Å²) in [7, 11) is 0. The quantitative estimate of drug-likeness (QED) is 0.0261. The van der Waals surface area contributed by atoms with Crippen LogP contribution in [0.4, 0.5) is 0 Å². The van der Waals surface area contributed by atoms with E-state index in [1.54, 1.807) is 0 Å². The zero-order valence-electron chi connectivity index (χ0n) is 48.7. The van der Waals surface area contributed by atoms with Crippen molar-refractivity contribution in [2.24, 2.45) is 0 Å². The number of rotatable bonds is 58. The predicted molar refractivity (Wildman–Crippen MR) is 316 cm³/mol. The smallest absolute Gasteiger partial charge is 0.306 e. The molecule has 0 saturated carbocycles. The molecule has 73 heavy (non-hydrogen) atoms. The zero-order valence-corrected chi connectivity index (χ0v) is 48.7. The lowest BCUT2D eigenvalue weighted by atomic mass is 10.0. The van der Waals surface area contributed by atoms with Crippen molar-refractivity contribution in [2.45, 2.75) is 335 Å². The molecule has 0 fully saturated rings. The Bertz CT molecular complexity index is 1310. The summed E-state index contributed by atoms with van der Waals surface area (Å²) in [6.07, 6.45) is 77.9. The first kappa shape index (κ1) is 70.1. The Morgan fingerprint density at radius 3 is 0.849 bits per heavy atom. The summed E-state index contributed by atoms with van der Waals surface area (Å²) in [6, 6.07) is 0. The van der Waals surface area contributed by atoms with Crippen molar-refractivity contribution in [1.82, 2.24) is 0 Å². The van der Waals surface area contributed by atoms with Gasteiger partial charge in [0, 0.05) is 19.3 Å². The minimum atomic E-state index is -0.787. The van der Waals surface area contributed by atoms with Gasteiger partial charge in [-0.3, -0.25) is 14.4 Å². The Morgan fingerprint density at radius 1 is 0.288 bits per heavy atom. The Morgan fingerprint density at radius 2 is 0.534 bits per heavy atom. The molecule has 0 saturated heterocycles. The van der Waals surface area contributed by atoms with E-state index in [4.69, 9.17) is 14.2 Å². The van der Waals surface area contributed by atoms with Gasteiger partial charge >= 0.3 is 17.9 Å². The van der Waals surface area contributed by atoms with Gasteiger partial charge in [0.2, 0.25) is 0 Å². The van der Waals surface area contributed by atoms with Gasteiger partial charge in [0.05, 0.1) is 0 Å². The van der Waals surface area contributed by atoms with E-state index in [2.05, 4.69) is 81.5 Å². The minimum Gasteiger partial charge on any atom is -0.462 e. The van der Waals surface area contributed by atoms with E-state index >= 15 is 0 Å². The normalized spacial score (nSPS) is 12.4. The fourth-order valence-corrected chi connectivity index (χ4v) is 9.25. The van der Waals surface area contributed by atoms with E-state index in [9.17, 15) is 14.4 Å². The number of carbonyl (C=O) groups is 3. The molecule has 0 rings (SSSR count). The van der Waals surface area contributed by atoms with E-state index in [1.807, 2.05) is 0 Å². The van der Waals surface area contributed by atoms with Crippen LogP contribution in [0.25, 0.3) is 0 Å². The van der Waals surface area contributed by atoms with E-state index in [-0.39, 0.29) is 31.1 Å². The lowest BCUT2D eigenvalue weighted by Crippen LogP contribution is -2.30. The molecule has 0 N–H and O–H groups in total. The van der Waals surface area contributed by atoms with E-state index in [0.29, 0.717) is 19.3 Å². The summed E-state index contributed by atoms with van der Waals surface area (Å²) in [5.41, 5.74) is 0. The molecule has 0 aliphatic carbocycles. The van der Waals surface area contributed by atoms with Crippen molar-refractivity contribution in [2.75, 3.05) is 13.2 Å². The molecule has 0 spiro atoms. The Balaban J connectivity index is 4.37. The van der Waals surface area contributed by atoms with Crippen LogP contribution in [-0.4, -0.2) is 37.2 Å². The standard InChI is InChI=1S/C67H120O6/c1-4-7-10-13-16-19-22-25-28-31-32-33-34-37-39-42-45-48-51-54-57-60-66(69)72-63-64(73-67(70)61-58-55-52-49-46-43-40-36-30-27-24-21-18-15-12-9-6-3)62-71-65(68)59-56-53-50-47-44-41-38-35-29-26-23-20-17-14-11-8-5-2/h9,12,18,21,27,30-32,40,43,64H,4-8,10-11,13-17,19-20,22-26,28-29,33-39,41-42,44-63H2,1-3H3/b12-9-,21-18-,30-27-,32-31-,43-40-. The fraction of sp³-hybridized carbons (Fsp3) is 0.806. The first-order valence-corrected chi connectivity index (χ1v) is 31.8. The van der Waals surface area contributed by atoms with Gasteiger partial charge in [-0.15, -0.1) is 0 Å². The highest BCUT2D eigenvalue weighted by molar-refractivity contribution is 5.71. The Hall–Kier alpha value is -2.89. The molecule has 0 aliphatic heterocycles. The summed E-state index contributed by atoms with van der Waals surface area (Å²) in [4.78, 5) is 38.3. The number of carbonyl (C=O) groups excluding carboxylic acids is 3. The maximum Gasteiger partial charge on any atom is 0.306 e. The van der Waals surface area contributed by atoms with Crippen LogP contribution in [0.3, 0.4) is 0 Å². The Kier molecular flexibility index (Phi) is 59.2. The van der Waals surface area contributed by atoms with Gasteiger partial charge in [-0.1, -0.05) is 287 Å². The Labute approximate surface area is 453 Å². The van der Waals surface area contributed by atoms with Crippen molar-refractivity contribution in [3.8, 4) is 0 Å². The topological polar surface area (TPSA) is 78.9 Å². The van der Waals surface area contributed by atoms with Gasteiger partial charge in [-0.25, -0.2) is 0 Å². The van der Waals surface area contributed by atoms with Gasteiger partial charge in [-0.2, -0.15) is 0 Å². The van der Waals surface area contributed by atoms with Crippen LogP contribution in [0.2, 0.25) is 0 Å². The van der Waals surface area contributed by atoms with Crippen molar-refractivity contribution in [1.29, 1.82) is 0 Å². The van der Waals surface area contributed by atoms with Crippen LogP contribution in [0.15, 0.2) is 60.8 Å². The first-order valence-electron chi connectivity index (χ1n) is 31.8. The average molecular weight is 1020 g/mol. The van der Waals surface area contributed by atoms with Crippen LogP contribution >= 0.6 is 0 Å². The number of ether oxygens (including phenoxy) is 3. The zero-order chi connectivity index (χ0) is 52.9. The first-order chi connectivity index (χ1) is 36.0. The molecule has 1 atom stereocenters. The molecular formula is C67H120O6. The highest BCUT2D eigenvalue weighted by Crippen LogP contribution is 2.17. The predicted octanol–water partition coefficient (Wildman–Crippen LogP) is 21.6. The molecular weight excluding hydrogens is 901 g/mol. The second-order valence-electron chi connectivity index (χ2n) is 21.3. The SMILES string of the molecule is CC/C=C\C/C=C\C/C=C\C/C=C\CCCCCCC(=O)OC(COC(=O)CCCCCCCCCCC/C=C\CCCCCCCCCC)COC(=O)CCCCCCCCCCCCCCCCCCC. The average Bonchev–Trinajstić information content (AvgIpc) is 3.39. The third-order valence-electron chi connectivity index (χ3n) is 14.0. The maximum atomic E-state index is 12.9. The number of esters is 3. The number of hydrogen-bond donors (Lipinski definition) is 0. The largest absolute Gasteiger partial charge is 0.462 e. The van der Waals surface area contributed by atoms with Crippen LogP contribution in [0.5, 0.6) is 0 Å².